The number of thiazole rings is 1. The van der Waals surface area contributed by atoms with Gasteiger partial charge in [0.25, 0.3) is 5.91 Å². The van der Waals surface area contributed by atoms with Crippen molar-refractivity contribution in [1.29, 1.82) is 0 Å². The van der Waals surface area contributed by atoms with Gasteiger partial charge in [-0.25, -0.2) is 4.98 Å². The molecule has 0 N–H and O–H groups in total. The number of carbonyl (C=O) groups excluding carboxylic acids is 1. The monoisotopic (exact) mass is 274 g/mol. The predicted octanol–water partition coefficient (Wildman–Crippen LogP) is 2.06. The van der Waals surface area contributed by atoms with Gasteiger partial charge in [0, 0.05) is 23.3 Å². The highest BCUT2D eigenvalue weighted by Gasteiger charge is 2.26. The zero-order valence-corrected chi connectivity index (χ0v) is 10.3. The lowest BCUT2D eigenvalue weighted by atomic mass is 10.4. The summed E-state index contributed by atoms with van der Waals surface area (Å²) < 4.78 is 0. The summed E-state index contributed by atoms with van der Waals surface area (Å²) in [5.41, 5.74) is 0.592. The van der Waals surface area contributed by atoms with E-state index in [-0.39, 0.29) is 5.91 Å². The van der Waals surface area contributed by atoms with Crippen LogP contribution in [0.5, 0.6) is 0 Å². The number of amides is 1. The van der Waals surface area contributed by atoms with Crippen molar-refractivity contribution >= 4 is 33.2 Å². The second-order valence-electron chi connectivity index (χ2n) is 3.39. The summed E-state index contributed by atoms with van der Waals surface area (Å²) in [6.07, 6.45) is 1.04. The number of aryl methyl sites for hydroxylation is 1. The number of carbonyl (C=O) groups is 1. The van der Waals surface area contributed by atoms with Gasteiger partial charge in [-0.2, -0.15) is 0 Å². The molecule has 0 saturated carbocycles. The Bertz CT molecular complexity index is 352. The van der Waals surface area contributed by atoms with Gasteiger partial charge in [0.05, 0.1) is 5.01 Å². The van der Waals surface area contributed by atoms with Crippen LogP contribution in [0.1, 0.15) is 21.9 Å². The SMILES string of the molecule is Cc1nc(C(=O)N2CCC(Br)C2)cs1. The van der Waals surface area contributed by atoms with Gasteiger partial charge in [0.15, 0.2) is 0 Å². The van der Waals surface area contributed by atoms with E-state index in [2.05, 4.69) is 20.9 Å². The van der Waals surface area contributed by atoms with Crippen molar-refractivity contribution in [2.24, 2.45) is 0 Å². The number of rotatable bonds is 1. The number of likely N-dealkylation sites (tertiary alicyclic amines) is 1. The molecule has 14 heavy (non-hydrogen) atoms. The summed E-state index contributed by atoms with van der Waals surface area (Å²) >= 11 is 5.04. The first kappa shape index (κ1) is 10.1. The van der Waals surface area contributed by atoms with E-state index in [4.69, 9.17) is 0 Å². The average Bonchev–Trinajstić information content (AvgIpc) is 2.73. The standard InChI is InChI=1S/C9H11BrN2OS/c1-6-11-8(5-14-6)9(13)12-3-2-7(10)4-12/h5,7H,2-4H2,1H3. The van der Waals surface area contributed by atoms with Crippen LogP contribution >= 0.6 is 27.3 Å². The molecule has 1 amide bonds. The third-order valence-corrected chi connectivity index (χ3v) is 3.78. The van der Waals surface area contributed by atoms with Gasteiger partial charge in [-0.15, -0.1) is 11.3 Å². The minimum absolute atomic E-state index is 0.0660. The molecule has 2 rings (SSSR count). The number of hydrogen-bond acceptors (Lipinski definition) is 3. The molecule has 1 aromatic heterocycles. The highest BCUT2D eigenvalue weighted by molar-refractivity contribution is 9.09. The highest BCUT2D eigenvalue weighted by Crippen LogP contribution is 2.19. The molecule has 0 aromatic carbocycles. The third kappa shape index (κ3) is 1.98. The molecule has 0 aliphatic carbocycles. The van der Waals surface area contributed by atoms with E-state index in [9.17, 15) is 4.79 Å². The Kier molecular flexibility index (Phi) is 2.88. The Labute approximate surface area is 95.3 Å². The van der Waals surface area contributed by atoms with Crippen molar-refractivity contribution in [3.8, 4) is 0 Å². The molecular weight excluding hydrogens is 264 g/mol. The molecule has 1 aliphatic heterocycles. The number of halogens is 1. The number of hydrogen-bond donors (Lipinski definition) is 0. The van der Waals surface area contributed by atoms with Gasteiger partial charge >= 0.3 is 0 Å². The van der Waals surface area contributed by atoms with Gasteiger partial charge in [-0.05, 0) is 13.3 Å². The topological polar surface area (TPSA) is 33.2 Å². The maximum atomic E-state index is 11.9. The normalized spacial score (nSPS) is 21.6. The Morgan fingerprint density at radius 1 is 1.79 bits per heavy atom. The van der Waals surface area contributed by atoms with Crippen LogP contribution < -0.4 is 0 Å². The lowest BCUT2D eigenvalue weighted by molar-refractivity contribution is 0.0788. The van der Waals surface area contributed by atoms with E-state index >= 15 is 0 Å². The Balaban J connectivity index is 2.09. The van der Waals surface area contributed by atoms with Crippen molar-refractivity contribution in [1.82, 2.24) is 9.88 Å². The fourth-order valence-corrected chi connectivity index (χ4v) is 2.67. The van der Waals surface area contributed by atoms with Crippen molar-refractivity contribution in [2.75, 3.05) is 13.1 Å². The molecule has 1 aliphatic rings. The van der Waals surface area contributed by atoms with Crippen LogP contribution in [0, 0.1) is 6.92 Å². The van der Waals surface area contributed by atoms with Crippen LogP contribution in [-0.4, -0.2) is 33.7 Å². The molecule has 5 heteroatoms. The van der Waals surface area contributed by atoms with Crippen LogP contribution in [0.15, 0.2) is 5.38 Å². The Morgan fingerprint density at radius 3 is 3.07 bits per heavy atom. The van der Waals surface area contributed by atoms with E-state index < -0.39 is 0 Å². The zero-order valence-electron chi connectivity index (χ0n) is 7.86. The number of nitrogens with zero attached hydrogens (tertiary/aromatic N) is 2. The molecule has 1 unspecified atom stereocenters. The molecular formula is C9H11BrN2OS. The minimum Gasteiger partial charge on any atom is -0.336 e. The van der Waals surface area contributed by atoms with Gasteiger partial charge in [0.2, 0.25) is 0 Å². The molecule has 1 atom stereocenters. The van der Waals surface area contributed by atoms with E-state index in [1.54, 1.807) is 0 Å². The second kappa shape index (κ2) is 3.98. The molecule has 0 spiro atoms. The maximum absolute atomic E-state index is 11.9. The second-order valence-corrected chi connectivity index (χ2v) is 5.75. The summed E-state index contributed by atoms with van der Waals surface area (Å²) in [4.78, 5) is 18.4. The summed E-state index contributed by atoms with van der Waals surface area (Å²) in [6, 6.07) is 0. The minimum atomic E-state index is 0.0660. The van der Waals surface area contributed by atoms with Gasteiger partial charge in [-0.1, -0.05) is 15.9 Å². The molecule has 2 heterocycles. The molecule has 1 fully saturated rings. The summed E-state index contributed by atoms with van der Waals surface area (Å²) in [6.45, 7) is 3.56. The zero-order chi connectivity index (χ0) is 10.1. The summed E-state index contributed by atoms with van der Waals surface area (Å²) in [5, 5.41) is 2.78. The smallest absolute Gasteiger partial charge is 0.273 e. The molecule has 0 bridgehead atoms. The molecule has 3 nitrogen and oxygen atoms in total. The van der Waals surface area contributed by atoms with Crippen LogP contribution in [0.25, 0.3) is 0 Å². The lowest BCUT2D eigenvalue weighted by Crippen LogP contribution is -2.28. The summed E-state index contributed by atoms with van der Waals surface area (Å²) in [5.74, 6) is 0.0660. The largest absolute Gasteiger partial charge is 0.336 e. The fraction of sp³-hybridized carbons (Fsp3) is 0.556. The highest BCUT2D eigenvalue weighted by atomic mass is 79.9. The van der Waals surface area contributed by atoms with E-state index in [1.807, 2.05) is 17.2 Å². The van der Waals surface area contributed by atoms with Crippen LogP contribution in [0.3, 0.4) is 0 Å². The Hall–Kier alpha value is -0.420. The number of aromatic nitrogens is 1. The van der Waals surface area contributed by atoms with Crippen LogP contribution in [0.4, 0.5) is 0 Å². The average molecular weight is 275 g/mol. The van der Waals surface area contributed by atoms with Gasteiger partial charge < -0.3 is 4.90 Å². The quantitative estimate of drug-likeness (QED) is 0.735. The predicted molar refractivity (Wildman–Crippen MR) is 60.1 cm³/mol. The van der Waals surface area contributed by atoms with Gasteiger partial charge in [-0.3, -0.25) is 4.79 Å². The van der Waals surface area contributed by atoms with Gasteiger partial charge in [0.1, 0.15) is 5.69 Å². The fourth-order valence-electron chi connectivity index (χ4n) is 1.53. The van der Waals surface area contributed by atoms with Crippen molar-refractivity contribution in [3.05, 3.63) is 16.1 Å². The third-order valence-electron chi connectivity index (χ3n) is 2.26. The van der Waals surface area contributed by atoms with Crippen molar-refractivity contribution in [3.63, 3.8) is 0 Å². The number of alkyl halides is 1. The first-order valence-electron chi connectivity index (χ1n) is 4.52. The van der Waals surface area contributed by atoms with E-state index in [0.29, 0.717) is 10.5 Å². The first-order chi connectivity index (χ1) is 6.66. The van der Waals surface area contributed by atoms with Crippen molar-refractivity contribution in [2.45, 2.75) is 18.2 Å². The Morgan fingerprint density at radius 2 is 2.57 bits per heavy atom. The van der Waals surface area contributed by atoms with Crippen molar-refractivity contribution < 1.29 is 4.79 Å². The maximum Gasteiger partial charge on any atom is 0.273 e. The van der Waals surface area contributed by atoms with E-state index in [0.717, 1.165) is 24.5 Å². The van der Waals surface area contributed by atoms with Crippen LogP contribution in [0.2, 0.25) is 0 Å². The van der Waals surface area contributed by atoms with Crippen LogP contribution in [-0.2, 0) is 0 Å². The lowest BCUT2D eigenvalue weighted by Gasteiger charge is -2.13. The first-order valence-corrected chi connectivity index (χ1v) is 6.32. The molecule has 1 aromatic rings. The molecule has 76 valence electrons. The molecule has 0 radical (unpaired) electrons. The molecule has 1 saturated heterocycles. The summed E-state index contributed by atoms with van der Waals surface area (Å²) in [7, 11) is 0. The van der Waals surface area contributed by atoms with E-state index in [1.165, 1.54) is 11.3 Å².